The van der Waals surface area contributed by atoms with Gasteiger partial charge in [-0.1, -0.05) is 76.3 Å². The van der Waals surface area contributed by atoms with Gasteiger partial charge in [-0.15, -0.1) is 0 Å². The maximum Gasteiger partial charge on any atom is 0.244 e. The Balaban J connectivity index is 1.53. The topological polar surface area (TPSA) is 140 Å². The molecule has 0 spiro atoms. The number of aliphatic hydroxyl groups excluding tert-OH is 2. The van der Waals surface area contributed by atoms with Crippen molar-refractivity contribution in [2.45, 2.75) is 102 Å². The van der Waals surface area contributed by atoms with E-state index < -0.39 is 36.1 Å². The molecular formula is C36H56N6O5. The predicted molar refractivity (Wildman–Crippen MR) is 181 cm³/mol. The van der Waals surface area contributed by atoms with E-state index in [0.29, 0.717) is 38.3 Å². The molecule has 47 heavy (non-hydrogen) atoms. The van der Waals surface area contributed by atoms with Gasteiger partial charge in [-0.2, -0.15) is 5.10 Å². The van der Waals surface area contributed by atoms with Crippen molar-refractivity contribution in [1.82, 2.24) is 30.2 Å². The van der Waals surface area contributed by atoms with Gasteiger partial charge in [0.2, 0.25) is 17.7 Å². The maximum absolute atomic E-state index is 14.0. The van der Waals surface area contributed by atoms with Gasteiger partial charge in [-0.25, -0.2) is 0 Å². The first-order valence-electron chi connectivity index (χ1n) is 17.5. The van der Waals surface area contributed by atoms with Crippen LogP contribution < -0.4 is 10.6 Å². The average Bonchev–Trinajstić information content (AvgIpc) is 3.57. The van der Waals surface area contributed by atoms with Crippen LogP contribution in [-0.4, -0.2) is 105 Å². The summed E-state index contributed by atoms with van der Waals surface area (Å²) in [4.78, 5) is 45.5. The van der Waals surface area contributed by atoms with Crippen molar-refractivity contribution >= 4 is 17.7 Å². The molecule has 2 aliphatic rings. The molecule has 5 unspecified atom stereocenters. The van der Waals surface area contributed by atoms with E-state index in [1.165, 1.54) is 6.42 Å². The van der Waals surface area contributed by atoms with E-state index in [0.717, 1.165) is 44.3 Å². The fourth-order valence-corrected chi connectivity index (χ4v) is 6.87. The minimum atomic E-state index is -1.14. The Labute approximate surface area is 280 Å². The number of amides is 3. The quantitative estimate of drug-likeness (QED) is 0.219. The maximum atomic E-state index is 14.0. The van der Waals surface area contributed by atoms with Crippen molar-refractivity contribution in [2.24, 2.45) is 17.8 Å². The molecule has 1 saturated carbocycles. The van der Waals surface area contributed by atoms with E-state index in [9.17, 15) is 24.6 Å². The Morgan fingerprint density at radius 3 is 2.28 bits per heavy atom. The fraction of sp³-hybridized carbons (Fsp3) is 0.667. The van der Waals surface area contributed by atoms with Crippen LogP contribution in [0.15, 0.2) is 48.8 Å². The third-order valence-electron chi connectivity index (χ3n) is 9.69. The van der Waals surface area contributed by atoms with Crippen molar-refractivity contribution < 1.29 is 24.6 Å². The first-order valence-corrected chi connectivity index (χ1v) is 17.5. The van der Waals surface area contributed by atoms with Crippen LogP contribution in [0.4, 0.5) is 0 Å². The van der Waals surface area contributed by atoms with Gasteiger partial charge in [0.25, 0.3) is 0 Å². The van der Waals surface area contributed by atoms with Gasteiger partial charge in [-0.3, -0.25) is 19.1 Å². The summed E-state index contributed by atoms with van der Waals surface area (Å²) < 4.78 is 1.59. The van der Waals surface area contributed by atoms with E-state index in [-0.39, 0.29) is 30.7 Å². The van der Waals surface area contributed by atoms with E-state index in [2.05, 4.69) is 20.6 Å². The number of benzene rings is 1. The summed E-state index contributed by atoms with van der Waals surface area (Å²) in [5, 5.41) is 32.5. The number of aliphatic hydroxyl groups is 2. The highest BCUT2D eigenvalue weighted by Crippen LogP contribution is 2.29. The van der Waals surface area contributed by atoms with Crippen LogP contribution in [0.25, 0.3) is 0 Å². The van der Waals surface area contributed by atoms with E-state index in [1.807, 2.05) is 56.1 Å². The molecule has 0 radical (unpaired) electrons. The zero-order valence-corrected chi connectivity index (χ0v) is 28.5. The van der Waals surface area contributed by atoms with Crippen molar-refractivity contribution in [1.29, 1.82) is 0 Å². The van der Waals surface area contributed by atoms with Gasteiger partial charge in [0.1, 0.15) is 12.1 Å². The lowest BCUT2D eigenvalue weighted by molar-refractivity contribution is -0.138. The number of likely N-dealkylation sites (N-methyl/N-ethyl adjacent to an activating group) is 1. The monoisotopic (exact) mass is 652 g/mol. The van der Waals surface area contributed by atoms with Crippen molar-refractivity contribution in [3.63, 3.8) is 0 Å². The number of piperazine rings is 1. The second-order valence-corrected chi connectivity index (χ2v) is 14.1. The van der Waals surface area contributed by atoms with Crippen LogP contribution in [-0.2, 0) is 27.3 Å². The van der Waals surface area contributed by atoms with E-state index in [1.54, 1.807) is 23.1 Å². The Morgan fingerprint density at radius 1 is 0.936 bits per heavy atom. The normalized spacial score (nSPS) is 19.5. The minimum Gasteiger partial charge on any atom is -0.390 e. The van der Waals surface area contributed by atoms with Crippen LogP contribution in [0.1, 0.15) is 70.8 Å². The second kappa shape index (κ2) is 18.3. The molecule has 1 aromatic heterocycles. The Kier molecular flexibility index (Phi) is 14.2. The van der Waals surface area contributed by atoms with Crippen LogP contribution in [0.3, 0.4) is 0 Å². The smallest absolute Gasteiger partial charge is 0.244 e. The highest BCUT2D eigenvalue weighted by Gasteiger charge is 2.35. The highest BCUT2D eigenvalue weighted by molar-refractivity contribution is 5.91. The first-order chi connectivity index (χ1) is 22.6. The first kappa shape index (κ1) is 36.6. The number of aromatic nitrogens is 2. The molecule has 1 aliphatic heterocycles. The summed E-state index contributed by atoms with van der Waals surface area (Å²) >= 11 is 0. The van der Waals surface area contributed by atoms with Gasteiger partial charge in [-0.05, 0) is 49.8 Å². The zero-order valence-electron chi connectivity index (χ0n) is 28.5. The minimum absolute atomic E-state index is 0.0327. The molecule has 4 N–H and O–H groups in total. The number of hydrogen-bond acceptors (Lipinski definition) is 7. The highest BCUT2D eigenvalue weighted by atomic mass is 16.3. The van der Waals surface area contributed by atoms with Gasteiger partial charge < -0.3 is 30.6 Å². The van der Waals surface area contributed by atoms with Crippen LogP contribution in [0.2, 0.25) is 0 Å². The lowest BCUT2D eigenvalue weighted by atomic mass is 9.82. The number of rotatable bonds is 16. The molecular weight excluding hydrogens is 596 g/mol. The van der Waals surface area contributed by atoms with Crippen LogP contribution in [0.5, 0.6) is 0 Å². The Morgan fingerprint density at radius 2 is 1.64 bits per heavy atom. The average molecular weight is 653 g/mol. The summed E-state index contributed by atoms with van der Waals surface area (Å²) in [6.45, 7) is 6.86. The third kappa shape index (κ3) is 11.7. The largest absolute Gasteiger partial charge is 0.390 e. The fourth-order valence-electron chi connectivity index (χ4n) is 6.87. The van der Waals surface area contributed by atoms with E-state index in [4.69, 9.17) is 0 Å². The van der Waals surface area contributed by atoms with E-state index >= 15 is 0 Å². The summed E-state index contributed by atoms with van der Waals surface area (Å²) in [5.41, 5.74) is 0.932. The predicted octanol–water partition coefficient (Wildman–Crippen LogP) is 2.61. The number of carbonyl (C=O) groups is 3. The number of nitrogens with zero attached hydrogens (tertiary/aromatic N) is 4. The molecule has 2 fully saturated rings. The molecule has 11 heteroatoms. The molecule has 3 amide bonds. The zero-order chi connectivity index (χ0) is 33.8. The molecule has 4 rings (SSSR count). The molecule has 260 valence electrons. The summed E-state index contributed by atoms with van der Waals surface area (Å²) in [5.74, 6) is -1.08. The number of nitrogens with one attached hydrogen (secondary N) is 2. The number of carbonyl (C=O) groups excluding carboxylic acids is 3. The van der Waals surface area contributed by atoms with Gasteiger partial charge in [0, 0.05) is 45.0 Å². The van der Waals surface area contributed by atoms with Gasteiger partial charge in [0.15, 0.2) is 0 Å². The Hall–Kier alpha value is -3.28. The van der Waals surface area contributed by atoms with Crippen molar-refractivity contribution in [3.05, 3.63) is 54.4 Å². The standard InChI is InChI=1S/C36H56N6O5/c1-26(2)21-32(43)34(45)30(23-28-13-8-5-9-14-28)38-36(47)31(25-42-16-10-15-37-42)39-35(46)29(22-27-11-6-4-7-12-27)24-33(44)41-19-17-40(3)18-20-41/h4,6-7,10-12,15-16,26,28-32,34,43,45H,5,8-9,13-14,17-25H2,1-3H3,(H,38,47)(H,39,46). The summed E-state index contributed by atoms with van der Waals surface area (Å²) in [6.07, 6.45) is 8.03. The van der Waals surface area contributed by atoms with Crippen molar-refractivity contribution in [2.75, 3.05) is 33.2 Å². The molecule has 11 nitrogen and oxygen atoms in total. The molecule has 2 aromatic rings. The molecule has 1 aliphatic carbocycles. The van der Waals surface area contributed by atoms with Gasteiger partial charge >= 0.3 is 0 Å². The molecule has 2 heterocycles. The third-order valence-corrected chi connectivity index (χ3v) is 9.69. The molecule has 0 bridgehead atoms. The number of hydrogen-bond donors (Lipinski definition) is 4. The summed E-state index contributed by atoms with van der Waals surface area (Å²) in [7, 11) is 2.03. The molecule has 1 aromatic carbocycles. The van der Waals surface area contributed by atoms with Crippen molar-refractivity contribution in [3.8, 4) is 0 Å². The SMILES string of the molecule is CC(C)CC(O)C(O)C(CC1CCCCC1)NC(=O)C(Cn1cccn1)NC(=O)C(CC(=O)N1CCN(C)CC1)Cc1ccccc1. The Bertz CT molecular complexity index is 1230. The second-order valence-electron chi connectivity index (χ2n) is 14.1. The molecule has 1 saturated heterocycles. The lowest BCUT2D eigenvalue weighted by Crippen LogP contribution is -2.57. The summed E-state index contributed by atoms with van der Waals surface area (Å²) in [6, 6.07) is 9.68. The lowest BCUT2D eigenvalue weighted by Gasteiger charge is -2.34. The van der Waals surface area contributed by atoms with Crippen LogP contribution >= 0.6 is 0 Å². The van der Waals surface area contributed by atoms with Crippen LogP contribution in [0, 0.1) is 17.8 Å². The van der Waals surface area contributed by atoms with Gasteiger partial charge in [0.05, 0.1) is 24.6 Å². The molecule has 5 atom stereocenters.